The van der Waals surface area contributed by atoms with E-state index in [1.165, 1.54) is 52.2 Å². The van der Waals surface area contributed by atoms with Crippen LogP contribution in [-0.2, 0) is 12.8 Å². The lowest BCUT2D eigenvalue weighted by atomic mass is 9.95. The summed E-state index contributed by atoms with van der Waals surface area (Å²) in [5.41, 5.74) is 15.8. The first kappa shape index (κ1) is 34.5. The molecule has 0 saturated carbocycles. The van der Waals surface area contributed by atoms with Gasteiger partial charge in [-0.05, 0) is 103 Å². The number of hydrogen-bond acceptors (Lipinski definition) is 4. The summed E-state index contributed by atoms with van der Waals surface area (Å²) in [6.45, 7) is 0. The lowest BCUT2D eigenvalue weighted by Crippen LogP contribution is -2.15. The van der Waals surface area contributed by atoms with E-state index in [4.69, 9.17) is 14.7 Å². The Morgan fingerprint density at radius 1 is 0.483 bits per heavy atom. The second kappa shape index (κ2) is 14.1. The molecule has 0 fully saturated rings. The Kier molecular flexibility index (Phi) is 8.12. The van der Waals surface area contributed by atoms with Crippen LogP contribution < -0.4 is 9.64 Å². The van der Waals surface area contributed by atoms with Gasteiger partial charge in [-0.1, -0.05) is 128 Å². The third-order valence-corrected chi connectivity index (χ3v) is 12.4. The minimum Gasteiger partial charge on any atom is -0.453 e. The number of benzene rings is 8. The molecule has 5 heteroatoms. The Morgan fingerprint density at radius 2 is 1.22 bits per heavy atom. The number of nitrogens with zero attached hydrogens (tertiary/aromatic N) is 4. The average molecular weight is 773 g/mol. The summed E-state index contributed by atoms with van der Waals surface area (Å²) in [6.07, 6.45) is 5.91. The number of rotatable bonds is 5. The van der Waals surface area contributed by atoms with Crippen molar-refractivity contribution < 1.29 is 4.74 Å². The summed E-state index contributed by atoms with van der Waals surface area (Å²) in [7, 11) is 0. The van der Waals surface area contributed by atoms with Crippen LogP contribution in [0.1, 0.15) is 30.4 Å². The Bertz CT molecular complexity index is 3280. The first-order valence-corrected chi connectivity index (χ1v) is 21.0. The molecule has 2 aromatic heterocycles. The molecule has 5 nitrogen and oxygen atoms in total. The van der Waals surface area contributed by atoms with Gasteiger partial charge in [0.1, 0.15) is 0 Å². The fourth-order valence-electron chi connectivity index (χ4n) is 9.67. The smallest absolute Gasteiger partial charge is 0.160 e. The SMILES string of the molecule is c1ccc(-c2nc(-c3cccc(-n4c5ccc6c(c5c5cccc(-c7ccc8c(c7)Oc7ccccc7N8c7ccccc7)c54)CCCCC6)c3)nc3ccccc23)cc1. The molecule has 286 valence electrons. The van der Waals surface area contributed by atoms with Gasteiger partial charge in [0.2, 0.25) is 0 Å². The summed E-state index contributed by atoms with van der Waals surface area (Å²) in [6, 6.07) is 64.7. The van der Waals surface area contributed by atoms with Crippen LogP contribution in [0.3, 0.4) is 0 Å². The van der Waals surface area contributed by atoms with Gasteiger partial charge in [-0.15, -0.1) is 0 Å². The maximum absolute atomic E-state index is 6.74. The monoisotopic (exact) mass is 772 g/mol. The van der Waals surface area contributed by atoms with Crippen LogP contribution in [0.25, 0.3) is 72.2 Å². The zero-order chi connectivity index (χ0) is 39.6. The summed E-state index contributed by atoms with van der Waals surface area (Å²) >= 11 is 0. The van der Waals surface area contributed by atoms with E-state index in [-0.39, 0.29) is 0 Å². The number of fused-ring (bicyclic) bond motifs is 8. The van der Waals surface area contributed by atoms with E-state index in [1.54, 1.807) is 0 Å². The molecule has 10 aromatic rings. The third-order valence-electron chi connectivity index (χ3n) is 12.4. The Balaban J connectivity index is 1.08. The number of anilines is 3. The molecule has 0 spiro atoms. The van der Waals surface area contributed by atoms with Gasteiger partial charge in [-0.25, -0.2) is 9.97 Å². The van der Waals surface area contributed by atoms with E-state index < -0.39 is 0 Å². The van der Waals surface area contributed by atoms with Crippen LogP contribution in [0.5, 0.6) is 11.5 Å². The molecule has 1 aliphatic heterocycles. The van der Waals surface area contributed by atoms with E-state index in [9.17, 15) is 0 Å². The van der Waals surface area contributed by atoms with E-state index in [0.29, 0.717) is 5.82 Å². The molecule has 1 aliphatic carbocycles. The van der Waals surface area contributed by atoms with Gasteiger partial charge in [0.25, 0.3) is 0 Å². The van der Waals surface area contributed by atoms with E-state index >= 15 is 0 Å². The normalized spacial score (nSPS) is 13.4. The van der Waals surface area contributed by atoms with Crippen molar-refractivity contribution >= 4 is 49.8 Å². The minimum atomic E-state index is 0.708. The average Bonchev–Trinajstić information content (AvgIpc) is 3.46. The summed E-state index contributed by atoms with van der Waals surface area (Å²) in [4.78, 5) is 12.7. The fraction of sp³-hybridized carbons (Fsp3) is 0.0909. The Hall–Kier alpha value is -7.50. The number of hydrogen-bond donors (Lipinski definition) is 0. The van der Waals surface area contributed by atoms with Crippen molar-refractivity contribution in [2.45, 2.75) is 32.1 Å². The highest BCUT2D eigenvalue weighted by atomic mass is 16.5. The molecular weight excluding hydrogens is 733 g/mol. The van der Waals surface area contributed by atoms with Gasteiger partial charge in [-0.3, -0.25) is 0 Å². The van der Waals surface area contributed by atoms with Gasteiger partial charge in [0.05, 0.1) is 33.6 Å². The number of para-hydroxylation sites is 5. The molecule has 2 aliphatic rings. The molecular formula is C55H40N4O. The van der Waals surface area contributed by atoms with Crippen LogP contribution in [-0.4, -0.2) is 14.5 Å². The molecule has 0 amide bonds. The molecule has 0 N–H and O–H groups in total. The quantitative estimate of drug-likeness (QED) is 0.163. The number of ether oxygens (including phenoxy) is 1. The zero-order valence-corrected chi connectivity index (χ0v) is 33.1. The largest absolute Gasteiger partial charge is 0.453 e. The second-order valence-electron chi connectivity index (χ2n) is 15.9. The molecule has 0 bridgehead atoms. The van der Waals surface area contributed by atoms with Crippen LogP contribution in [0.4, 0.5) is 17.1 Å². The molecule has 0 atom stereocenters. The predicted octanol–water partition coefficient (Wildman–Crippen LogP) is 14.6. The maximum atomic E-state index is 6.74. The summed E-state index contributed by atoms with van der Waals surface area (Å²) in [5.74, 6) is 2.37. The Labute approximate surface area is 348 Å². The van der Waals surface area contributed by atoms with Crippen molar-refractivity contribution in [1.29, 1.82) is 0 Å². The summed E-state index contributed by atoms with van der Waals surface area (Å²) < 4.78 is 9.23. The molecule has 0 saturated heterocycles. The number of aromatic nitrogens is 3. The van der Waals surface area contributed by atoms with Crippen molar-refractivity contribution in [3.8, 4) is 51.0 Å². The highest BCUT2D eigenvalue weighted by molar-refractivity contribution is 6.15. The van der Waals surface area contributed by atoms with Gasteiger partial charge in [-0.2, -0.15) is 0 Å². The minimum absolute atomic E-state index is 0.708. The molecule has 60 heavy (non-hydrogen) atoms. The van der Waals surface area contributed by atoms with Crippen molar-refractivity contribution in [1.82, 2.24) is 14.5 Å². The van der Waals surface area contributed by atoms with Crippen molar-refractivity contribution in [2.75, 3.05) is 4.90 Å². The van der Waals surface area contributed by atoms with Crippen LogP contribution in [0.15, 0.2) is 182 Å². The van der Waals surface area contributed by atoms with Crippen molar-refractivity contribution in [2.24, 2.45) is 0 Å². The van der Waals surface area contributed by atoms with Crippen molar-refractivity contribution in [3.05, 3.63) is 193 Å². The highest BCUT2D eigenvalue weighted by Crippen LogP contribution is 2.52. The van der Waals surface area contributed by atoms with E-state index in [0.717, 1.165) is 85.9 Å². The first-order valence-electron chi connectivity index (χ1n) is 21.0. The second-order valence-corrected chi connectivity index (χ2v) is 15.9. The molecule has 8 aromatic carbocycles. The predicted molar refractivity (Wildman–Crippen MR) is 246 cm³/mol. The van der Waals surface area contributed by atoms with Crippen LogP contribution in [0, 0.1) is 0 Å². The molecule has 12 rings (SSSR count). The van der Waals surface area contributed by atoms with Crippen LogP contribution >= 0.6 is 0 Å². The van der Waals surface area contributed by atoms with E-state index in [2.05, 4.69) is 179 Å². The van der Waals surface area contributed by atoms with Gasteiger partial charge in [0, 0.05) is 44.2 Å². The van der Waals surface area contributed by atoms with Crippen LogP contribution in [0.2, 0.25) is 0 Å². The molecule has 0 radical (unpaired) electrons. The summed E-state index contributed by atoms with van der Waals surface area (Å²) in [5, 5.41) is 3.68. The number of aryl methyl sites for hydroxylation is 2. The van der Waals surface area contributed by atoms with Crippen molar-refractivity contribution in [3.63, 3.8) is 0 Å². The fourth-order valence-corrected chi connectivity index (χ4v) is 9.67. The Morgan fingerprint density at radius 3 is 2.13 bits per heavy atom. The highest BCUT2D eigenvalue weighted by Gasteiger charge is 2.27. The van der Waals surface area contributed by atoms with Gasteiger partial charge >= 0.3 is 0 Å². The lowest BCUT2D eigenvalue weighted by molar-refractivity contribution is 0.477. The standard InChI is InChI=1S/C55H40N4O/c1-5-17-37(18-6-1)53-44-24-10-11-27-46(44)56-55(57-53)39-19-14-22-41(34-39)59-49-33-30-36-16-4-2-9-23-42(36)52(49)45-26-15-25-43(54(45)59)38-31-32-48-51(35-38)60-50-29-13-12-28-47(50)58(48)40-20-7-3-8-21-40/h1,3,5-8,10-15,17-22,24-35H,2,4,9,16,23H2. The maximum Gasteiger partial charge on any atom is 0.160 e. The third kappa shape index (κ3) is 5.61. The topological polar surface area (TPSA) is 43.2 Å². The van der Waals surface area contributed by atoms with E-state index in [1.807, 2.05) is 12.1 Å². The van der Waals surface area contributed by atoms with Gasteiger partial charge in [0.15, 0.2) is 17.3 Å². The zero-order valence-electron chi connectivity index (χ0n) is 33.1. The first-order chi connectivity index (χ1) is 29.8. The van der Waals surface area contributed by atoms with Gasteiger partial charge < -0.3 is 14.2 Å². The molecule has 3 heterocycles. The molecule has 0 unspecified atom stereocenters. The lowest BCUT2D eigenvalue weighted by Gasteiger charge is -2.33.